The Balaban J connectivity index is 1.67. The molecule has 2 aromatic carbocycles. The Kier molecular flexibility index (Phi) is 4.58. The van der Waals surface area contributed by atoms with Crippen LogP contribution in [0.25, 0.3) is 0 Å². The van der Waals surface area contributed by atoms with Crippen molar-refractivity contribution in [1.82, 2.24) is 4.90 Å². The van der Waals surface area contributed by atoms with Crippen molar-refractivity contribution in [3.05, 3.63) is 59.7 Å². The molecule has 1 unspecified atom stereocenters. The van der Waals surface area contributed by atoms with Crippen LogP contribution < -0.4 is 9.47 Å². The van der Waals surface area contributed by atoms with E-state index in [4.69, 9.17) is 18.9 Å². The lowest BCUT2D eigenvalue weighted by molar-refractivity contribution is -0.0630. The first kappa shape index (κ1) is 17.3. The molecule has 138 valence electrons. The summed E-state index contributed by atoms with van der Waals surface area (Å²) < 4.78 is 22.7. The molecule has 2 heterocycles. The smallest absolute Gasteiger partial charge is 0.139 e. The summed E-state index contributed by atoms with van der Waals surface area (Å²) in [6.07, 6.45) is -0.578. The standard InChI is InChI=1S/C20H23NO5/c1-23-16-7-3-14(4-8-16)18-21-19(15-5-9-17(24-2)10-6-15)26-13-20(21,11-22)12-25-18/h3-10,18-19,22H,11-13H2,1-2H3/t18-,19+,20?. The largest absolute Gasteiger partial charge is 0.497 e. The summed E-state index contributed by atoms with van der Waals surface area (Å²) in [4.78, 5) is 2.14. The molecule has 2 fully saturated rings. The van der Waals surface area contributed by atoms with Gasteiger partial charge in [-0.15, -0.1) is 0 Å². The fraction of sp³-hybridized carbons (Fsp3) is 0.400. The van der Waals surface area contributed by atoms with Gasteiger partial charge in [0.15, 0.2) is 0 Å². The number of ether oxygens (including phenoxy) is 4. The van der Waals surface area contributed by atoms with Crippen molar-refractivity contribution in [2.24, 2.45) is 0 Å². The van der Waals surface area contributed by atoms with Gasteiger partial charge in [0.2, 0.25) is 0 Å². The van der Waals surface area contributed by atoms with Gasteiger partial charge in [-0.05, 0) is 35.4 Å². The van der Waals surface area contributed by atoms with Crippen LogP contribution in [0.4, 0.5) is 0 Å². The number of aliphatic hydroxyl groups excluding tert-OH is 1. The molecule has 0 spiro atoms. The van der Waals surface area contributed by atoms with Gasteiger partial charge >= 0.3 is 0 Å². The lowest BCUT2D eigenvalue weighted by atomic mass is 10.0. The van der Waals surface area contributed by atoms with Crippen molar-refractivity contribution >= 4 is 0 Å². The monoisotopic (exact) mass is 357 g/mol. The lowest BCUT2D eigenvalue weighted by Crippen LogP contribution is -2.47. The van der Waals surface area contributed by atoms with Crippen molar-refractivity contribution in [2.75, 3.05) is 34.0 Å². The molecule has 6 heteroatoms. The van der Waals surface area contributed by atoms with E-state index in [0.29, 0.717) is 13.2 Å². The predicted molar refractivity (Wildman–Crippen MR) is 95.0 cm³/mol. The number of methoxy groups -OCH3 is 2. The Morgan fingerprint density at radius 1 is 0.885 bits per heavy atom. The Morgan fingerprint density at radius 2 is 1.31 bits per heavy atom. The van der Waals surface area contributed by atoms with Gasteiger partial charge in [-0.1, -0.05) is 24.3 Å². The molecule has 2 aliphatic heterocycles. The first-order chi connectivity index (χ1) is 12.7. The molecule has 0 aromatic heterocycles. The molecular weight excluding hydrogens is 334 g/mol. The topological polar surface area (TPSA) is 60.4 Å². The molecule has 0 amide bonds. The van der Waals surface area contributed by atoms with Crippen LogP contribution in [0.15, 0.2) is 48.5 Å². The molecule has 4 rings (SSSR count). The highest BCUT2D eigenvalue weighted by Gasteiger charge is 2.56. The fourth-order valence-electron chi connectivity index (χ4n) is 3.66. The number of fused-ring (bicyclic) bond motifs is 1. The van der Waals surface area contributed by atoms with E-state index in [0.717, 1.165) is 22.6 Å². The summed E-state index contributed by atoms with van der Waals surface area (Å²) in [5.74, 6) is 1.59. The number of aliphatic hydroxyl groups is 1. The molecule has 26 heavy (non-hydrogen) atoms. The van der Waals surface area contributed by atoms with Crippen LogP contribution in [-0.2, 0) is 9.47 Å². The van der Waals surface area contributed by atoms with Crippen molar-refractivity contribution < 1.29 is 24.1 Å². The van der Waals surface area contributed by atoms with Gasteiger partial charge in [0.1, 0.15) is 24.0 Å². The van der Waals surface area contributed by atoms with Crippen molar-refractivity contribution in [1.29, 1.82) is 0 Å². The zero-order valence-electron chi connectivity index (χ0n) is 14.9. The second-order valence-corrected chi connectivity index (χ2v) is 6.66. The predicted octanol–water partition coefficient (Wildman–Crippen LogP) is 2.49. The van der Waals surface area contributed by atoms with Crippen molar-refractivity contribution in [2.45, 2.75) is 18.0 Å². The maximum atomic E-state index is 10.1. The summed E-state index contributed by atoms with van der Waals surface area (Å²) in [5, 5.41) is 10.1. The number of hydrogen-bond acceptors (Lipinski definition) is 6. The first-order valence-electron chi connectivity index (χ1n) is 8.61. The van der Waals surface area contributed by atoms with Gasteiger partial charge in [-0.2, -0.15) is 0 Å². The molecule has 2 aliphatic rings. The van der Waals surface area contributed by atoms with Crippen LogP contribution in [0.1, 0.15) is 23.6 Å². The molecule has 0 aliphatic carbocycles. The molecular formula is C20H23NO5. The average Bonchev–Trinajstić information content (AvgIpc) is 3.26. The zero-order chi connectivity index (χ0) is 18.1. The maximum absolute atomic E-state index is 10.1. The zero-order valence-corrected chi connectivity index (χ0v) is 14.9. The van der Waals surface area contributed by atoms with E-state index in [2.05, 4.69) is 4.90 Å². The van der Waals surface area contributed by atoms with Gasteiger partial charge in [-0.3, -0.25) is 0 Å². The number of nitrogens with zero attached hydrogens (tertiary/aromatic N) is 1. The maximum Gasteiger partial charge on any atom is 0.139 e. The summed E-state index contributed by atoms with van der Waals surface area (Å²) in [5.41, 5.74) is 1.48. The number of rotatable bonds is 5. The molecule has 0 radical (unpaired) electrons. The lowest BCUT2D eigenvalue weighted by Gasteiger charge is -2.33. The van der Waals surface area contributed by atoms with Crippen LogP contribution in [0.2, 0.25) is 0 Å². The van der Waals surface area contributed by atoms with Crippen LogP contribution in [-0.4, -0.2) is 49.6 Å². The second kappa shape index (κ2) is 6.89. The van der Waals surface area contributed by atoms with Gasteiger partial charge in [0.05, 0.1) is 39.6 Å². The highest BCUT2D eigenvalue weighted by atomic mass is 16.6. The normalized spacial score (nSPS) is 28.1. The Hall–Kier alpha value is -2.12. The van der Waals surface area contributed by atoms with E-state index in [1.54, 1.807) is 14.2 Å². The van der Waals surface area contributed by atoms with Gasteiger partial charge in [0.25, 0.3) is 0 Å². The quantitative estimate of drug-likeness (QED) is 0.887. The Morgan fingerprint density at radius 3 is 1.65 bits per heavy atom. The van der Waals surface area contributed by atoms with Gasteiger partial charge in [-0.25, -0.2) is 4.90 Å². The molecule has 6 nitrogen and oxygen atoms in total. The van der Waals surface area contributed by atoms with Crippen LogP contribution in [0.3, 0.4) is 0 Å². The van der Waals surface area contributed by atoms with Gasteiger partial charge < -0.3 is 24.1 Å². The van der Waals surface area contributed by atoms with E-state index in [1.165, 1.54) is 0 Å². The van der Waals surface area contributed by atoms with Crippen LogP contribution >= 0.6 is 0 Å². The van der Waals surface area contributed by atoms with Crippen molar-refractivity contribution in [3.8, 4) is 11.5 Å². The van der Waals surface area contributed by atoms with E-state index in [-0.39, 0.29) is 19.1 Å². The van der Waals surface area contributed by atoms with Gasteiger partial charge in [0, 0.05) is 0 Å². The SMILES string of the molecule is COc1ccc([C@H]2OCC3(CO)CO[C@@H](c4ccc(OC)cc4)N23)cc1. The Bertz CT molecular complexity index is 686. The summed E-state index contributed by atoms with van der Waals surface area (Å²) >= 11 is 0. The highest BCUT2D eigenvalue weighted by Crippen LogP contribution is 2.49. The minimum Gasteiger partial charge on any atom is -0.497 e. The third-order valence-electron chi connectivity index (χ3n) is 5.17. The summed E-state index contributed by atoms with van der Waals surface area (Å²) in [6, 6.07) is 15.6. The number of benzene rings is 2. The second-order valence-electron chi connectivity index (χ2n) is 6.66. The molecule has 2 aromatic rings. The van der Waals surface area contributed by atoms with Crippen molar-refractivity contribution in [3.63, 3.8) is 0 Å². The Labute approximate surface area is 152 Å². The van der Waals surface area contributed by atoms with E-state index in [9.17, 15) is 5.11 Å². The highest BCUT2D eigenvalue weighted by molar-refractivity contribution is 5.32. The fourth-order valence-corrected chi connectivity index (χ4v) is 3.66. The molecule has 2 saturated heterocycles. The first-order valence-corrected chi connectivity index (χ1v) is 8.61. The van der Waals surface area contributed by atoms with Crippen LogP contribution in [0.5, 0.6) is 11.5 Å². The van der Waals surface area contributed by atoms with E-state index in [1.807, 2.05) is 48.5 Å². The summed E-state index contributed by atoms with van der Waals surface area (Å²) in [6.45, 7) is 0.825. The minimum atomic E-state index is -0.533. The molecule has 0 saturated carbocycles. The number of hydrogen-bond donors (Lipinski definition) is 1. The van der Waals surface area contributed by atoms with Crippen LogP contribution in [0, 0.1) is 0 Å². The molecule has 3 atom stereocenters. The van der Waals surface area contributed by atoms with E-state index >= 15 is 0 Å². The summed E-state index contributed by atoms with van der Waals surface area (Å²) in [7, 11) is 3.29. The molecule has 1 N–H and O–H groups in total. The third-order valence-corrected chi connectivity index (χ3v) is 5.17. The average molecular weight is 357 g/mol. The molecule has 0 bridgehead atoms. The van der Waals surface area contributed by atoms with E-state index < -0.39 is 5.54 Å². The third kappa shape index (κ3) is 2.75. The minimum absolute atomic E-state index is 0.0215.